The monoisotopic (exact) mass is 345 g/mol. The summed E-state index contributed by atoms with van der Waals surface area (Å²) < 4.78 is 5.88. The van der Waals surface area contributed by atoms with Gasteiger partial charge in [-0.05, 0) is 36.8 Å². The van der Waals surface area contributed by atoms with E-state index in [0.29, 0.717) is 29.2 Å². The second-order valence-corrected chi connectivity index (χ2v) is 5.83. The summed E-state index contributed by atoms with van der Waals surface area (Å²) in [6, 6.07) is 23.7. The molecule has 0 aliphatic rings. The van der Waals surface area contributed by atoms with Gasteiger partial charge in [0.25, 0.3) is 5.91 Å². The molecular formula is C22H19NO3. The molecule has 0 aliphatic carbocycles. The third kappa shape index (κ3) is 4.16. The summed E-state index contributed by atoms with van der Waals surface area (Å²) in [5.74, 6) is 0.0354. The lowest BCUT2D eigenvalue weighted by molar-refractivity contribution is 0.101. The Balaban J connectivity index is 1.88. The lowest BCUT2D eigenvalue weighted by atomic mass is 10.1. The molecule has 3 aromatic carbocycles. The van der Waals surface area contributed by atoms with E-state index in [1.165, 1.54) is 6.92 Å². The van der Waals surface area contributed by atoms with Crippen molar-refractivity contribution in [1.29, 1.82) is 0 Å². The van der Waals surface area contributed by atoms with Gasteiger partial charge < -0.3 is 10.1 Å². The molecule has 0 aromatic heterocycles. The molecule has 0 fully saturated rings. The molecule has 0 bridgehead atoms. The van der Waals surface area contributed by atoms with E-state index in [-0.39, 0.29) is 11.7 Å². The number of amides is 1. The number of carbonyl (C=O) groups excluding carboxylic acids is 2. The summed E-state index contributed by atoms with van der Waals surface area (Å²) in [6.07, 6.45) is 0. The number of ether oxygens (including phenoxy) is 1. The maximum atomic E-state index is 12.5. The van der Waals surface area contributed by atoms with Gasteiger partial charge in [0.15, 0.2) is 5.78 Å². The molecule has 0 atom stereocenters. The summed E-state index contributed by atoms with van der Waals surface area (Å²) in [7, 11) is 0. The van der Waals surface area contributed by atoms with Crippen molar-refractivity contribution in [2.45, 2.75) is 13.5 Å². The fourth-order valence-corrected chi connectivity index (χ4v) is 2.58. The van der Waals surface area contributed by atoms with Gasteiger partial charge in [0.05, 0.1) is 5.69 Å². The van der Waals surface area contributed by atoms with Crippen LogP contribution < -0.4 is 10.1 Å². The predicted molar refractivity (Wildman–Crippen MR) is 102 cm³/mol. The van der Waals surface area contributed by atoms with Crippen LogP contribution in [-0.2, 0) is 6.61 Å². The average Bonchev–Trinajstić information content (AvgIpc) is 2.68. The fraction of sp³-hybridized carbons (Fsp3) is 0.0909. The minimum Gasteiger partial charge on any atom is -0.487 e. The maximum absolute atomic E-state index is 12.5. The van der Waals surface area contributed by atoms with Gasteiger partial charge in [0.1, 0.15) is 12.4 Å². The van der Waals surface area contributed by atoms with Crippen molar-refractivity contribution in [2.75, 3.05) is 5.32 Å². The lowest BCUT2D eigenvalue weighted by Gasteiger charge is -2.15. The van der Waals surface area contributed by atoms with Crippen molar-refractivity contribution < 1.29 is 14.3 Å². The van der Waals surface area contributed by atoms with E-state index >= 15 is 0 Å². The number of carbonyl (C=O) groups is 2. The van der Waals surface area contributed by atoms with Crippen LogP contribution in [0.15, 0.2) is 78.9 Å². The highest BCUT2D eigenvalue weighted by atomic mass is 16.5. The van der Waals surface area contributed by atoms with E-state index in [0.717, 1.165) is 5.56 Å². The SMILES string of the molecule is CC(=O)c1cccc(OCc2ccccc2)c1NC(=O)c1ccccc1. The molecule has 0 aliphatic heterocycles. The number of hydrogen-bond donors (Lipinski definition) is 1. The molecule has 0 radical (unpaired) electrons. The average molecular weight is 345 g/mol. The second-order valence-electron chi connectivity index (χ2n) is 5.83. The normalized spacial score (nSPS) is 10.2. The van der Waals surface area contributed by atoms with Crippen molar-refractivity contribution in [3.63, 3.8) is 0 Å². The Morgan fingerprint density at radius 2 is 1.50 bits per heavy atom. The maximum Gasteiger partial charge on any atom is 0.255 e. The Labute approximate surface area is 152 Å². The number of benzene rings is 3. The van der Waals surface area contributed by atoms with E-state index in [4.69, 9.17) is 4.74 Å². The highest BCUT2D eigenvalue weighted by Gasteiger charge is 2.16. The molecule has 1 amide bonds. The first kappa shape index (κ1) is 17.4. The third-order valence-electron chi connectivity index (χ3n) is 3.92. The molecule has 0 saturated heterocycles. The van der Waals surface area contributed by atoms with E-state index in [1.54, 1.807) is 42.5 Å². The Hall–Kier alpha value is -3.40. The molecule has 3 aromatic rings. The molecule has 130 valence electrons. The molecule has 0 spiro atoms. The van der Waals surface area contributed by atoms with Crippen LogP contribution in [0.2, 0.25) is 0 Å². The van der Waals surface area contributed by atoms with Gasteiger partial charge >= 0.3 is 0 Å². The molecular weight excluding hydrogens is 326 g/mol. The number of hydrogen-bond acceptors (Lipinski definition) is 3. The number of nitrogens with one attached hydrogen (secondary N) is 1. The van der Waals surface area contributed by atoms with Crippen molar-refractivity contribution in [3.8, 4) is 5.75 Å². The summed E-state index contributed by atoms with van der Waals surface area (Å²) in [5, 5.41) is 2.83. The van der Waals surface area contributed by atoms with Crippen molar-refractivity contribution in [2.24, 2.45) is 0 Å². The lowest BCUT2D eigenvalue weighted by Crippen LogP contribution is -2.15. The van der Waals surface area contributed by atoms with Gasteiger partial charge in [-0.3, -0.25) is 9.59 Å². The first-order valence-electron chi connectivity index (χ1n) is 8.32. The topological polar surface area (TPSA) is 55.4 Å². The highest BCUT2D eigenvalue weighted by molar-refractivity contribution is 6.10. The van der Waals surface area contributed by atoms with Crippen molar-refractivity contribution in [3.05, 3.63) is 95.6 Å². The number of Topliss-reactive ketones (excluding diaryl/α,β-unsaturated/α-hetero) is 1. The van der Waals surface area contributed by atoms with Crippen LogP contribution >= 0.6 is 0 Å². The highest BCUT2D eigenvalue weighted by Crippen LogP contribution is 2.30. The van der Waals surface area contributed by atoms with Gasteiger partial charge in [-0.2, -0.15) is 0 Å². The standard InChI is InChI=1S/C22H19NO3/c1-16(24)19-13-8-14-20(26-15-17-9-4-2-5-10-17)21(19)23-22(25)18-11-6-3-7-12-18/h2-14H,15H2,1H3,(H,23,25). The van der Waals surface area contributed by atoms with Gasteiger partial charge in [0.2, 0.25) is 0 Å². The van der Waals surface area contributed by atoms with Crippen LogP contribution in [0.25, 0.3) is 0 Å². The summed E-state index contributed by atoms with van der Waals surface area (Å²) in [5.41, 5.74) is 2.32. The molecule has 3 rings (SSSR count). The van der Waals surface area contributed by atoms with Gasteiger partial charge in [-0.15, -0.1) is 0 Å². The molecule has 26 heavy (non-hydrogen) atoms. The number of anilines is 1. The first-order chi connectivity index (χ1) is 12.6. The van der Waals surface area contributed by atoms with Crippen LogP contribution in [0.4, 0.5) is 5.69 Å². The fourth-order valence-electron chi connectivity index (χ4n) is 2.58. The number of rotatable bonds is 6. The second kappa shape index (κ2) is 8.12. The summed E-state index contributed by atoms with van der Waals surface area (Å²) in [6.45, 7) is 1.81. The first-order valence-corrected chi connectivity index (χ1v) is 8.32. The van der Waals surface area contributed by atoms with Gasteiger partial charge in [-0.1, -0.05) is 54.6 Å². The third-order valence-corrected chi connectivity index (χ3v) is 3.92. The number of ketones is 1. The minimum absolute atomic E-state index is 0.140. The van der Waals surface area contributed by atoms with Crippen LogP contribution in [-0.4, -0.2) is 11.7 Å². The zero-order valence-electron chi connectivity index (χ0n) is 14.4. The Morgan fingerprint density at radius 1 is 0.846 bits per heavy atom. The minimum atomic E-state index is -0.288. The molecule has 0 unspecified atom stereocenters. The molecule has 4 heteroatoms. The Bertz CT molecular complexity index is 905. The summed E-state index contributed by atoms with van der Waals surface area (Å²) >= 11 is 0. The van der Waals surface area contributed by atoms with Crippen LogP contribution in [0.5, 0.6) is 5.75 Å². The zero-order chi connectivity index (χ0) is 18.4. The van der Waals surface area contributed by atoms with E-state index in [9.17, 15) is 9.59 Å². The van der Waals surface area contributed by atoms with Crippen molar-refractivity contribution in [1.82, 2.24) is 0 Å². The van der Waals surface area contributed by atoms with Crippen molar-refractivity contribution >= 4 is 17.4 Å². The van der Waals surface area contributed by atoms with Gasteiger partial charge in [0, 0.05) is 11.1 Å². The quantitative estimate of drug-likeness (QED) is 0.658. The predicted octanol–water partition coefficient (Wildman–Crippen LogP) is 4.72. The van der Waals surface area contributed by atoms with Crippen LogP contribution in [0, 0.1) is 0 Å². The molecule has 4 nitrogen and oxygen atoms in total. The van der Waals surface area contributed by atoms with E-state index < -0.39 is 0 Å². The zero-order valence-corrected chi connectivity index (χ0v) is 14.4. The van der Waals surface area contributed by atoms with E-state index in [1.807, 2.05) is 36.4 Å². The molecule has 0 heterocycles. The van der Waals surface area contributed by atoms with Crippen LogP contribution in [0.1, 0.15) is 33.2 Å². The smallest absolute Gasteiger partial charge is 0.255 e. The molecule has 1 N–H and O–H groups in total. The van der Waals surface area contributed by atoms with Gasteiger partial charge in [-0.25, -0.2) is 0 Å². The molecule has 0 saturated carbocycles. The Kier molecular flexibility index (Phi) is 5.44. The van der Waals surface area contributed by atoms with Crippen LogP contribution in [0.3, 0.4) is 0 Å². The largest absolute Gasteiger partial charge is 0.487 e. The summed E-state index contributed by atoms with van der Waals surface area (Å²) in [4.78, 5) is 24.5. The number of para-hydroxylation sites is 1. The Morgan fingerprint density at radius 3 is 2.15 bits per heavy atom. The van der Waals surface area contributed by atoms with E-state index in [2.05, 4.69) is 5.32 Å².